The molecule has 0 heterocycles. The Labute approximate surface area is 134 Å². The molecular weight excluding hydrogens is 308 g/mol. The monoisotopic (exact) mass is 332 g/mol. The zero-order valence-electron chi connectivity index (χ0n) is 14.8. The summed E-state index contributed by atoms with van der Waals surface area (Å²) >= 11 is 0.894. The molecule has 118 valence electrons. The molecule has 0 aliphatic rings. The van der Waals surface area contributed by atoms with Crippen LogP contribution >= 0.6 is 11.8 Å². The van der Waals surface area contributed by atoms with E-state index in [2.05, 4.69) is 0 Å². The molecule has 0 spiro atoms. The van der Waals surface area contributed by atoms with Gasteiger partial charge < -0.3 is 0 Å². The van der Waals surface area contributed by atoms with Gasteiger partial charge in [-0.1, -0.05) is 50.2 Å². The first-order valence-electron chi connectivity index (χ1n) is 7.50. The molecule has 6 heteroatoms. The summed E-state index contributed by atoms with van der Waals surface area (Å²) in [7, 11) is -4.23. The second kappa shape index (κ2) is 6.94. The van der Waals surface area contributed by atoms with Crippen molar-refractivity contribution in [2.24, 2.45) is 0 Å². The molecule has 0 fully saturated rings. The van der Waals surface area contributed by atoms with Crippen molar-refractivity contribution in [3.05, 3.63) is 29.8 Å². The molecule has 1 aromatic carbocycles. The third kappa shape index (κ3) is 6.63. The van der Waals surface area contributed by atoms with Gasteiger partial charge in [-0.2, -0.15) is 8.42 Å². The molecule has 0 aromatic heterocycles. The standard InChI is InChI=1S/C15H22O4S2/c1-11-6-8-13(9-7-11)21(17,18)19-12(2)10-14(16)20-15(3,4)5/h6-9,12H,10H2,1-5H3/t12-/m1/s1/i10D,12D/t10-,12+/m0. The van der Waals surface area contributed by atoms with E-state index in [4.69, 9.17) is 6.92 Å². The summed E-state index contributed by atoms with van der Waals surface area (Å²) < 4.78 is 44.8. The second-order valence-electron chi connectivity index (χ2n) is 5.64. The lowest BCUT2D eigenvalue weighted by Gasteiger charge is -2.18. The Morgan fingerprint density at radius 3 is 2.38 bits per heavy atom. The van der Waals surface area contributed by atoms with Crippen LogP contribution in [0.25, 0.3) is 0 Å². The summed E-state index contributed by atoms with van der Waals surface area (Å²) in [6.45, 7) is 8.32. The molecule has 2 atom stereocenters. The third-order valence-electron chi connectivity index (χ3n) is 2.28. The normalized spacial score (nSPS) is 18.3. The van der Waals surface area contributed by atoms with Gasteiger partial charge in [-0.05, 0) is 26.0 Å². The summed E-state index contributed by atoms with van der Waals surface area (Å²) in [6.07, 6.45) is -3.86. The smallest absolute Gasteiger partial charge is 0.287 e. The van der Waals surface area contributed by atoms with E-state index < -0.39 is 32.5 Å². The number of rotatable bonds is 5. The number of hydrogen-bond acceptors (Lipinski definition) is 5. The predicted molar refractivity (Wildman–Crippen MR) is 85.9 cm³/mol. The third-order valence-corrected chi connectivity index (χ3v) is 4.54. The van der Waals surface area contributed by atoms with E-state index in [1.165, 1.54) is 12.1 Å². The van der Waals surface area contributed by atoms with Crippen molar-refractivity contribution in [2.75, 3.05) is 0 Å². The van der Waals surface area contributed by atoms with Gasteiger partial charge in [0.1, 0.15) is 0 Å². The topological polar surface area (TPSA) is 60.4 Å². The van der Waals surface area contributed by atoms with Crippen LogP contribution in [-0.4, -0.2) is 24.4 Å². The number of hydrogen-bond donors (Lipinski definition) is 0. The first-order chi connectivity index (χ1) is 10.2. The fraction of sp³-hybridized carbons (Fsp3) is 0.533. The summed E-state index contributed by atoms with van der Waals surface area (Å²) in [5.74, 6) is 0. The molecule has 0 unspecified atom stereocenters. The highest BCUT2D eigenvalue weighted by molar-refractivity contribution is 8.14. The van der Waals surface area contributed by atoms with E-state index in [-0.39, 0.29) is 4.90 Å². The van der Waals surface area contributed by atoms with Gasteiger partial charge >= 0.3 is 0 Å². The highest BCUT2D eigenvalue weighted by Crippen LogP contribution is 2.26. The Morgan fingerprint density at radius 2 is 1.90 bits per heavy atom. The van der Waals surface area contributed by atoms with Gasteiger partial charge in [0.15, 0.2) is 5.12 Å². The van der Waals surface area contributed by atoms with Crippen molar-refractivity contribution in [3.63, 3.8) is 0 Å². The van der Waals surface area contributed by atoms with Gasteiger partial charge in [0.05, 0.1) is 12.3 Å². The van der Waals surface area contributed by atoms with Crippen LogP contribution < -0.4 is 0 Å². The molecule has 0 aliphatic carbocycles. The van der Waals surface area contributed by atoms with Gasteiger partial charge in [-0.15, -0.1) is 0 Å². The first-order valence-corrected chi connectivity index (χ1v) is 8.64. The van der Waals surface area contributed by atoms with E-state index in [0.717, 1.165) is 24.2 Å². The van der Waals surface area contributed by atoms with Gasteiger partial charge in [0.25, 0.3) is 10.1 Å². The lowest BCUT2D eigenvalue weighted by atomic mass is 10.2. The Balaban J connectivity index is 2.96. The molecule has 0 aliphatic heterocycles. The summed E-state index contributed by atoms with van der Waals surface area (Å²) in [4.78, 5) is 11.9. The summed E-state index contributed by atoms with van der Waals surface area (Å²) in [5.41, 5.74) is 0.882. The number of aryl methyl sites for hydroxylation is 1. The minimum absolute atomic E-state index is 0.107. The molecule has 0 saturated carbocycles. The zero-order chi connectivity index (χ0) is 18.1. The Kier molecular flexibility index (Phi) is 4.98. The highest BCUT2D eigenvalue weighted by Gasteiger charge is 2.23. The van der Waals surface area contributed by atoms with Crippen molar-refractivity contribution in [2.45, 2.75) is 56.7 Å². The average molecular weight is 332 g/mol. The molecule has 0 N–H and O–H groups in total. The average Bonchev–Trinajstić information content (AvgIpc) is 2.35. The van der Waals surface area contributed by atoms with Gasteiger partial charge in [0.2, 0.25) is 0 Å². The minimum atomic E-state index is -4.23. The molecule has 21 heavy (non-hydrogen) atoms. The number of carbonyl (C=O) groups excluding carboxylic acids is 1. The molecule has 0 amide bonds. The van der Waals surface area contributed by atoms with Crippen molar-refractivity contribution >= 4 is 27.0 Å². The van der Waals surface area contributed by atoms with Crippen molar-refractivity contribution < 1.29 is 20.1 Å². The quantitative estimate of drug-likeness (QED) is 0.772. The lowest BCUT2D eigenvalue weighted by molar-refractivity contribution is -0.112. The van der Waals surface area contributed by atoms with Gasteiger partial charge in [0, 0.05) is 12.5 Å². The molecule has 0 bridgehead atoms. The van der Waals surface area contributed by atoms with Crippen molar-refractivity contribution in [1.29, 1.82) is 0 Å². The maximum absolute atomic E-state index is 12.2. The fourth-order valence-corrected chi connectivity index (χ4v) is 3.24. The van der Waals surface area contributed by atoms with E-state index in [1.54, 1.807) is 32.9 Å². The van der Waals surface area contributed by atoms with Crippen LogP contribution in [0.3, 0.4) is 0 Å². The summed E-state index contributed by atoms with van der Waals surface area (Å²) in [6, 6.07) is 5.95. The maximum atomic E-state index is 12.2. The Hall–Kier alpha value is -0.850. The van der Waals surface area contributed by atoms with Gasteiger partial charge in [-0.3, -0.25) is 8.98 Å². The van der Waals surface area contributed by atoms with Crippen LogP contribution in [0.15, 0.2) is 29.2 Å². The Bertz CT molecular complexity index is 662. The number of benzene rings is 1. The van der Waals surface area contributed by atoms with Crippen molar-refractivity contribution in [1.82, 2.24) is 0 Å². The first kappa shape index (κ1) is 15.1. The molecule has 0 radical (unpaired) electrons. The SMILES string of the molecule is [2H][C@H](C(=O)SC(C)(C)C)[C@@]([2H])(C)OS(=O)(=O)c1ccc(C)cc1. The highest BCUT2D eigenvalue weighted by atomic mass is 32.2. The molecule has 0 saturated heterocycles. The Morgan fingerprint density at radius 1 is 1.38 bits per heavy atom. The summed E-state index contributed by atoms with van der Waals surface area (Å²) in [5, 5.41) is -0.603. The fourth-order valence-electron chi connectivity index (χ4n) is 1.45. The van der Waals surface area contributed by atoms with Crippen molar-refractivity contribution in [3.8, 4) is 0 Å². The van der Waals surface area contributed by atoms with Crippen LogP contribution in [0, 0.1) is 6.92 Å². The van der Waals surface area contributed by atoms with E-state index in [1.807, 2.05) is 6.92 Å². The molecule has 4 nitrogen and oxygen atoms in total. The largest absolute Gasteiger partial charge is 0.297 e. The molecule has 1 rings (SSSR count). The van der Waals surface area contributed by atoms with Crippen LogP contribution in [0.5, 0.6) is 0 Å². The zero-order valence-corrected chi connectivity index (χ0v) is 14.5. The maximum Gasteiger partial charge on any atom is 0.297 e. The lowest BCUT2D eigenvalue weighted by Crippen LogP contribution is -2.20. The molecular formula is C15H22O4S2. The van der Waals surface area contributed by atoms with Crippen LogP contribution in [0.4, 0.5) is 0 Å². The van der Waals surface area contributed by atoms with E-state index >= 15 is 0 Å². The van der Waals surface area contributed by atoms with Crippen LogP contribution in [-0.2, 0) is 19.1 Å². The molecule has 1 aromatic rings. The minimum Gasteiger partial charge on any atom is -0.287 e. The predicted octanol–water partition coefficient (Wildman–Crippen LogP) is 3.54. The number of thioether (sulfide) groups is 1. The van der Waals surface area contributed by atoms with Gasteiger partial charge in [-0.25, -0.2) is 0 Å². The second-order valence-corrected chi connectivity index (χ2v) is 9.02. The number of carbonyl (C=O) groups is 1. The van der Waals surface area contributed by atoms with Crippen LogP contribution in [0.1, 0.15) is 42.4 Å². The van der Waals surface area contributed by atoms with E-state index in [0.29, 0.717) is 0 Å². The van der Waals surface area contributed by atoms with Crippen LogP contribution in [0.2, 0.25) is 0 Å². The van der Waals surface area contributed by atoms with E-state index in [9.17, 15) is 13.2 Å².